The van der Waals surface area contributed by atoms with Crippen LogP contribution in [-0.4, -0.2) is 60.1 Å². The molecule has 29 heavy (non-hydrogen) atoms. The highest BCUT2D eigenvalue weighted by atomic mass is 32.1. The van der Waals surface area contributed by atoms with Crippen LogP contribution in [0, 0.1) is 5.92 Å². The number of ketones is 1. The number of rotatable bonds is 8. The second kappa shape index (κ2) is 9.98. The Morgan fingerprint density at radius 3 is 2.34 bits per heavy atom. The molecule has 0 radical (unpaired) electrons. The van der Waals surface area contributed by atoms with Crippen LogP contribution in [-0.2, 0) is 11.2 Å². The highest BCUT2D eigenvalue weighted by Gasteiger charge is 2.29. The Bertz CT molecular complexity index is 747. The molecule has 0 saturated carbocycles. The number of carbonyl (C=O) groups is 1. The number of benzene rings is 1. The van der Waals surface area contributed by atoms with Crippen LogP contribution in [0.15, 0.2) is 47.8 Å². The summed E-state index contributed by atoms with van der Waals surface area (Å²) in [6.07, 6.45) is 0.968. The van der Waals surface area contributed by atoms with Crippen molar-refractivity contribution in [3.05, 3.63) is 58.3 Å². The summed E-state index contributed by atoms with van der Waals surface area (Å²) in [7, 11) is 0. The average molecular weight is 415 g/mol. The van der Waals surface area contributed by atoms with Crippen LogP contribution < -0.4 is 0 Å². The molecule has 1 aliphatic rings. The van der Waals surface area contributed by atoms with Gasteiger partial charge in [0.05, 0.1) is 10.5 Å². The molecule has 2 atom stereocenters. The standard InChI is InChI=1S/C24H34N2O2S/c1-19(23(27)21-11-8-16-29-21)18-25-12-14-26(15-13-25)22(28-24(2,3)4)17-20-9-6-5-7-10-20/h5-11,16,19,22H,12-15,17-18H2,1-4H3. The maximum absolute atomic E-state index is 12.6. The second-order valence-corrected chi connectivity index (χ2v) is 9.90. The molecule has 3 rings (SSSR count). The minimum absolute atomic E-state index is 0.0335. The van der Waals surface area contributed by atoms with Crippen LogP contribution in [0.3, 0.4) is 0 Å². The van der Waals surface area contributed by atoms with E-state index in [4.69, 9.17) is 4.74 Å². The van der Waals surface area contributed by atoms with Gasteiger partial charge in [-0.05, 0) is 37.8 Å². The van der Waals surface area contributed by atoms with Gasteiger partial charge in [-0.15, -0.1) is 11.3 Å². The SMILES string of the molecule is CC(CN1CCN(C(Cc2ccccc2)OC(C)(C)C)CC1)C(=O)c1cccs1. The van der Waals surface area contributed by atoms with Crippen molar-refractivity contribution in [3.63, 3.8) is 0 Å². The summed E-state index contributed by atoms with van der Waals surface area (Å²) in [5.41, 5.74) is 1.12. The van der Waals surface area contributed by atoms with E-state index in [1.54, 1.807) is 0 Å². The fraction of sp³-hybridized carbons (Fsp3) is 0.542. The van der Waals surface area contributed by atoms with Gasteiger partial charge in [0, 0.05) is 45.1 Å². The molecule has 1 aromatic heterocycles. The number of ether oxygens (including phenoxy) is 1. The first-order chi connectivity index (χ1) is 13.8. The van der Waals surface area contributed by atoms with Gasteiger partial charge in [-0.2, -0.15) is 0 Å². The van der Waals surface area contributed by atoms with Crippen molar-refractivity contribution < 1.29 is 9.53 Å². The van der Waals surface area contributed by atoms with Crippen LogP contribution in [0.25, 0.3) is 0 Å². The van der Waals surface area contributed by atoms with E-state index in [0.29, 0.717) is 0 Å². The van der Waals surface area contributed by atoms with Crippen LogP contribution in [0.2, 0.25) is 0 Å². The first-order valence-corrected chi connectivity index (χ1v) is 11.5. The number of Topliss-reactive ketones (excluding diaryl/α,β-unsaturated/α-hetero) is 1. The van der Waals surface area contributed by atoms with Crippen LogP contribution >= 0.6 is 11.3 Å². The van der Waals surface area contributed by atoms with Crippen molar-refractivity contribution in [2.75, 3.05) is 32.7 Å². The van der Waals surface area contributed by atoms with E-state index >= 15 is 0 Å². The van der Waals surface area contributed by atoms with Gasteiger partial charge in [-0.3, -0.25) is 9.69 Å². The Kier molecular flexibility index (Phi) is 7.63. The molecular formula is C24H34N2O2S. The maximum atomic E-state index is 12.6. The lowest BCUT2D eigenvalue weighted by Gasteiger charge is -2.41. The van der Waals surface area contributed by atoms with Gasteiger partial charge < -0.3 is 9.64 Å². The van der Waals surface area contributed by atoms with Gasteiger partial charge in [0.15, 0.2) is 5.78 Å². The van der Waals surface area contributed by atoms with Gasteiger partial charge in [0.1, 0.15) is 6.23 Å². The zero-order valence-corrected chi connectivity index (χ0v) is 19.0. The van der Waals surface area contributed by atoms with Gasteiger partial charge in [0.25, 0.3) is 0 Å². The Labute approximate surface area is 179 Å². The summed E-state index contributed by atoms with van der Waals surface area (Å²) in [5, 5.41) is 1.97. The molecule has 0 spiro atoms. The topological polar surface area (TPSA) is 32.8 Å². The average Bonchev–Trinajstić information content (AvgIpc) is 3.22. The number of nitrogens with zero attached hydrogens (tertiary/aromatic N) is 2. The molecule has 2 aromatic rings. The molecular weight excluding hydrogens is 380 g/mol. The van der Waals surface area contributed by atoms with E-state index in [1.807, 2.05) is 17.5 Å². The number of thiophene rings is 1. The van der Waals surface area contributed by atoms with Crippen molar-refractivity contribution in [1.82, 2.24) is 9.80 Å². The van der Waals surface area contributed by atoms with E-state index in [2.05, 4.69) is 67.8 Å². The molecule has 1 fully saturated rings. The number of hydrogen-bond donors (Lipinski definition) is 0. The highest BCUT2D eigenvalue weighted by Crippen LogP contribution is 2.21. The molecule has 4 nitrogen and oxygen atoms in total. The summed E-state index contributed by atoms with van der Waals surface area (Å²) in [5.74, 6) is 0.298. The molecule has 1 saturated heterocycles. The molecule has 2 unspecified atom stereocenters. The van der Waals surface area contributed by atoms with Crippen molar-refractivity contribution in [2.45, 2.75) is 45.9 Å². The Morgan fingerprint density at radius 2 is 1.76 bits per heavy atom. The van der Waals surface area contributed by atoms with E-state index in [-0.39, 0.29) is 23.5 Å². The van der Waals surface area contributed by atoms with Crippen molar-refractivity contribution in [3.8, 4) is 0 Å². The summed E-state index contributed by atoms with van der Waals surface area (Å²) >= 11 is 1.54. The zero-order valence-electron chi connectivity index (χ0n) is 18.1. The lowest BCUT2D eigenvalue weighted by molar-refractivity contribution is -0.141. The van der Waals surface area contributed by atoms with Gasteiger partial charge >= 0.3 is 0 Å². The van der Waals surface area contributed by atoms with Gasteiger partial charge in [0.2, 0.25) is 0 Å². The normalized spacial score (nSPS) is 18.5. The summed E-state index contributed by atoms with van der Waals surface area (Å²) in [6, 6.07) is 14.5. The summed E-state index contributed by atoms with van der Waals surface area (Å²) in [6.45, 7) is 13.1. The fourth-order valence-electron chi connectivity index (χ4n) is 3.83. The third-order valence-corrected chi connectivity index (χ3v) is 6.18. The highest BCUT2D eigenvalue weighted by molar-refractivity contribution is 7.12. The maximum Gasteiger partial charge on any atom is 0.176 e. The smallest absolute Gasteiger partial charge is 0.176 e. The van der Waals surface area contributed by atoms with Crippen LogP contribution in [0.4, 0.5) is 0 Å². The third kappa shape index (κ3) is 6.75. The predicted molar refractivity (Wildman–Crippen MR) is 121 cm³/mol. The quantitative estimate of drug-likeness (QED) is 0.593. The molecule has 0 N–H and O–H groups in total. The minimum Gasteiger partial charge on any atom is -0.357 e. The fourth-order valence-corrected chi connectivity index (χ4v) is 4.61. The van der Waals surface area contributed by atoms with Crippen molar-refractivity contribution in [1.29, 1.82) is 0 Å². The Morgan fingerprint density at radius 1 is 1.07 bits per heavy atom. The summed E-state index contributed by atoms with van der Waals surface area (Å²) in [4.78, 5) is 18.3. The molecule has 5 heteroatoms. The lowest BCUT2D eigenvalue weighted by Crippen LogP contribution is -2.54. The first-order valence-electron chi connectivity index (χ1n) is 10.6. The number of hydrogen-bond acceptors (Lipinski definition) is 5. The first kappa shape index (κ1) is 22.2. The van der Waals surface area contributed by atoms with E-state index in [0.717, 1.165) is 44.0 Å². The van der Waals surface area contributed by atoms with E-state index < -0.39 is 0 Å². The lowest BCUT2D eigenvalue weighted by atomic mass is 10.0. The van der Waals surface area contributed by atoms with Gasteiger partial charge in [-0.1, -0.05) is 43.3 Å². The van der Waals surface area contributed by atoms with Crippen LogP contribution in [0.1, 0.15) is 42.9 Å². The third-order valence-electron chi connectivity index (χ3n) is 5.30. The molecule has 0 amide bonds. The summed E-state index contributed by atoms with van der Waals surface area (Å²) < 4.78 is 6.44. The van der Waals surface area contributed by atoms with Crippen molar-refractivity contribution in [2.24, 2.45) is 5.92 Å². The zero-order chi connectivity index (χ0) is 20.9. The molecule has 158 valence electrons. The molecule has 2 heterocycles. The molecule has 1 aliphatic heterocycles. The van der Waals surface area contributed by atoms with E-state index in [9.17, 15) is 4.79 Å². The Hall–Kier alpha value is -1.53. The molecule has 0 aliphatic carbocycles. The molecule has 1 aromatic carbocycles. The monoisotopic (exact) mass is 414 g/mol. The Balaban J connectivity index is 1.55. The van der Waals surface area contributed by atoms with Gasteiger partial charge in [-0.25, -0.2) is 0 Å². The van der Waals surface area contributed by atoms with E-state index in [1.165, 1.54) is 16.9 Å². The second-order valence-electron chi connectivity index (χ2n) is 8.95. The van der Waals surface area contributed by atoms with Crippen molar-refractivity contribution >= 4 is 17.1 Å². The minimum atomic E-state index is -0.182. The number of piperazine rings is 1. The van der Waals surface area contributed by atoms with Crippen LogP contribution in [0.5, 0.6) is 0 Å². The molecule has 0 bridgehead atoms. The predicted octanol–water partition coefficient (Wildman–Crippen LogP) is 4.57. The number of carbonyl (C=O) groups excluding carboxylic acids is 1. The largest absolute Gasteiger partial charge is 0.357 e.